The number of ether oxygens (including phenoxy) is 4. The van der Waals surface area contributed by atoms with Crippen LogP contribution in [0.3, 0.4) is 0 Å². The molecule has 0 aliphatic carbocycles. The second-order valence-corrected chi connectivity index (χ2v) is 6.34. The summed E-state index contributed by atoms with van der Waals surface area (Å²) in [4.78, 5) is 29.6. The van der Waals surface area contributed by atoms with Crippen LogP contribution in [0, 0.1) is 5.92 Å². The zero-order valence-electron chi connectivity index (χ0n) is 16.2. The van der Waals surface area contributed by atoms with Gasteiger partial charge in [-0.05, 0) is 17.7 Å². The van der Waals surface area contributed by atoms with E-state index >= 15 is 0 Å². The van der Waals surface area contributed by atoms with E-state index in [1.807, 2.05) is 24.3 Å². The molecule has 0 spiro atoms. The van der Waals surface area contributed by atoms with E-state index in [2.05, 4.69) is 5.16 Å². The topological polar surface area (TPSA) is 92.7 Å². The van der Waals surface area contributed by atoms with Gasteiger partial charge < -0.3 is 23.8 Å². The van der Waals surface area contributed by atoms with E-state index in [-0.39, 0.29) is 12.3 Å². The van der Waals surface area contributed by atoms with Gasteiger partial charge in [-0.25, -0.2) is 0 Å². The Morgan fingerprint density at radius 2 is 1.74 bits per heavy atom. The van der Waals surface area contributed by atoms with Crippen molar-refractivity contribution in [2.45, 2.75) is 31.5 Å². The summed E-state index contributed by atoms with van der Waals surface area (Å²) >= 11 is 0. The van der Waals surface area contributed by atoms with Crippen LogP contribution < -0.4 is 4.74 Å². The summed E-state index contributed by atoms with van der Waals surface area (Å²) in [5.74, 6) is -2.89. The Kier molecular flexibility index (Phi) is 6.79. The van der Waals surface area contributed by atoms with Crippen LogP contribution in [0.15, 0.2) is 29.4 Å². The van der Waals surface area contributed by atoms with Gasteiger partial charge in [-0.1, -0.05) is 17.3 Å². The molecule has 1 heterocycles. The van der Waals surface area contributed by atoms with Crippen molar-refractivity contribution in [2.75, 3.05) is 28.4 Å². The summed E-state index contributed by atoms with van der Waals surface area (Å²) in [5, 5.41) is 4.17. The minimum Gasteiger partial charge on any atom is -0.497 e. The number of methoxy groups -OCH3 is 4. The second kappa shape index (κ2) is 8.85. The van der Waals surface area contributed by atoms with E-state index in [4.69, 9.17) is 23.8 Å². The van der Waals surface area contributed by atoms with E-state index in [1.165, 1.54) is 21.3 Å². The molecule has 0 N–H and O–H groups in total. The van der Waals surface area contributed by atoms with E-state index < -0.39 is 23.6 Å². The molecule has 1 aliphatic rings. The molecule has 0 saturated carbocycles. The Morgan fingerprint density at radius 1 is 1.15 bits per heavy atom. The quantitative estimate of drug-likeness (QED) is 0.530. The van der Waals surface area contributed by atoms with Crippen molar-refractivity contribution in [2.24, 2.45) is 11.1 Å². The largest absolute Gasteiger partial charge is 0.497 e. The molecule has 8 nitrogen and oxygen atoms in total. The lowest BCUT2D eigenvalue weighted by Crippen LogP contribution is -2.40. The summed E-state index contributed by atoms with van der Waals surface area (Å²) < 4.78 is 20.1. The zero-order chi connectivity index (χ0) is 20.0. The highest BCUT2D eigenvalue weighted by molar-refractivity contribution is 6.02. The number of oxime groups is 1. The predicted molar refractivity (Wildman–Crippen MR) is 96.4 cm³/mol. The van der Waals surface area contributed by atoms with Crippen LogP contribution in [-0.2, 0) is 28.6 Å². The van der Waals surface area contributed by atoms with E-state index in [1.54, 1.807) is 14.0 Å². The molecule has 2 atom stereocenters. The molecule has 27 heavy (non-hydrogen) atoms. The van der Waals surface area contributed by atoms with Gasteiger partial charge in [0, 0.05) is 32.8 Å². The van der Waals surface area contributed by atoms with Crippen molar-refractivity contribution in [3.63, 3.8) is 0 Å². The third-order valence-electron chi connectivity index (χ3n) is 4.67. The maximum atomic E-state index is 12.0. The van der Waals surface area contributed by atoms with Gasteiger partial charge in [0.1, 0.15) is 5.75 Å². The highest BCUT2D eigenvalue weighted by atomic mass is 16.8. The van der Waals surface area contributed by atoms with Gasteiger partial charge >= 0.3 is 11.9 Å². The summed E-state index contributed by atoms with van der Waals surface area (Å²) in [6.07, 6.45) is 0.486. The first kappa shape index (κ1) is 20.7. The van der Waals surface area contributed by atoms with Crippen LogP contribution in [0.5, 0.6) is 5.75 Å². The lowest BCUT2D eigenvalue weighted by Gasteiger charge is -2.35. The molecule has 1 unspecified atom stereocenters. The van der Waals surface area contributed by atoms with E-state index in [0.717, 1.165) is 11.3 Å². The normalized spacial score (nSPS) is 21.9. The number of carbonyl (C=O) groups excluding carboxylic acids is 2. The molecule has 2 rings (SSSR count). The number of benzene rings is 1. The van der Waals surface area contributed by atoms with Gasteiger partial charge in [-0.3, -0.25) is 9.59 Å². The summed E-state index contributed by atoms with van der Waals surface area (Å²) in [6, 6.07) is 7.49. The number of hydrogen-bond acceptors (Lipinski definition) is 8. The molecule has 1 aromatic carbocycles. The van der Waals surface area contributed by atoms with Crippen LogP contribution >= 0.6 is 0 Å². The average molecular weight is 379 g/mol. The highest BCUT2D eigenvalue weighted by Gasteiger charge is 2.41. The molecule has 1 aromatic rings. The summed E-state index contributed by atoms with van der Waals surface area (Å²) in [5.41, 5.74) is 1.48. The zero-order valence-corrected chi connectivity index (χ0v) is 16.2. The first-order valence-corrected chi connectivity index (χ1v) is 8.47. The van der Waals surface area contributed by atoms with Crippen molar-refractivity contribution < 1.29 is 33.4 Å². The Balaban J connectivity index is 2.36. The van der Waals surface area contributed by atoms with Crippen molar-refractivity contribution in [1.29, 1.82) is 0 Å². The predicted octanol–water partition coefficient (Wildman–Crippen LogP) is 2.27. The molecule has 8 heteroatoms. The Hall–Kier alpha value is -2.61. The third-order valence-corrected chi connectivity index (χ3v) is 4.67. The highest BCUT2D eigenvalue weighted by Crippen LogP contribution is 2.37. The molecule has 0 aromatic heterocycles. The van der Waals surface area contributed by atoms with Crippen molar-refractivity contribution in [3.05, 3.63) is 29.8 Å². The van der Waals surface area contributed by atoms with Gasteiger partial charge in [-0.2, -0.15) is 0 Å². The monoisotopic (exact) mass is 379 g/mol. The molecule has 0 amide bonds. The number of hydrogen-bond donors (Lipinski definition) is 0. The van der Waals surface area contributed by atoms with Gasteiger partial charge in [0.15, 0.2) is 5.92 Å². The van der Waals surface area contributed by atoms with Crippen LogP contribution in [0.4, 0.5) is 0 Å². The van der Waals surface area contributed by atoms with Gasteiger partial charge in [0.2, 0.25) is 5.79 Å². The fourth-order valence-electron chi connectivity index (χ4n) is 2.95. The van der Waals surface area contributed by atoms with Crippen LogP contribution in [-0.4, -0.2) is 51.9 Å². The maximum absolute atomic E-state index is 12.0. The Morgan fingerprint density at radius 3 is 2.22 bits per heavy atom. The Labute approximate surface area is 158 Å². The van der Waals surface area contributed by atoms with Gasteiger partial charge in [-0.15, -0.1) is 0 Å². The second-order valence-electron chi connectivity index (χ2n) is 6.34. The molecule has 0 bridgehead atoms. The summed E-state index contributed by atoms with van der Waals surface area (Å²) in [7, 11) is 5.58. The van der Waals surface area contributed by atoms with Gasteiger partial charge in [0.25, 0.3) is 0 Å². The molecule has 0 saturated heterocycles. The van der Waals surface area contributed by atoms with E-state index in [0.29, 0.717) is 12.1 Å². The molecule has 0 radical (unpaired) electrons. The van der Waals surface area contributed by atoms with Gasteiger partial charge in [0.05, 0.1) is 27.0 Å². The summed E-state index contributed by atoms with van der Waals surface area (Å²) in [6.45, 7) is 1.78. The van der Waals surface area contributed by atoms with Crippen LogP contribution in [0.1, 0.15) is 31.2 Å². The minimum absolute atomic E-state index is 0.0236. The molecule has 148 valence electrons. The first-order chi connectivity index (χ1) is 12.9. The molecule has 0 fully saturated rings. The standard InChI is InChI=1S/C19H25NO7/c1-19(26-5)11-15(12-6-8-13(23-2)9-7-12)16(20-27-19)10-14(17(21)24-3)18(22)25-4/h6-9,14-15H,10-11H2,1-5H3/t15-,19?/m0/s1. The van der Waals surface area contributed by atoms with Crippen molar-refractivity contribution >= 4 is 17.7 Å². The third kappa shape index (κ3) is 4.77. The molecular weight excluding hydrogens is 354 g/mol. The van der Waals surface area contributed by atoms with Crippen molar-refractivity contribution in [3.8, 4) is 5.75 Å². The fourth-order valence-corrected chi connectivity index (χ4v) is 2.95. The first-order valence-electron chi connectivity index (χ1n) is 8.47. The lowest BCUT2D eigenvalue weighted by atomic mass is 9.83. The lowest BCUT2D eigenvalue weighted by molar-refractivity contribution is -0.221. The molecular formula is C19H25NO7. The van der Waals surface area contributed by atoms with Crippen LogP contribution in [0.2, 0.25) is 0 Å². The van der Waals surface area contributed by atoms with Crippen LogP contribution in [0.25, 0.3) is 0 Å². The maximum Gasteiger partial charge on any atom is 0.320 e. The molecule has 1 aliphatic heterocycles. The Bertz CT molecular complexity index is 685. The number of nitrogens with zero attached hydrogens (tertiary/aromatic N) is 1. The fraction of sp³-hybridized carbons (Fsp3) is 0.526. The minimum atomic E-state index is -1.12. The number of carbonyl (C=O) groups is 2. The number of esters is 2. The van der Waals surface area contributed by atoms with Crippen molar-refractivity contribution in [1.82, 2.24) is 0 Å². The smallest absolute Gasteiger partial charge is 0.320 e. The van der Waals surface area contributed by atoms with E-state index in [9.17, 15) is 9.59 Å². The average Bonchev–Trinajstić information content (AvgIpc) is 2.71. The SMILES string of the molecule is COC(=O)C(CC1=NOC(C)(OC)C[C@H]1c1ccc(OC)cc1)C(=O)OC. The number of rotatable bonds is 7.